The Kier molecular flexibility index (Phi) is 5.04. The van der Waals surface area contributed by atoms with Crippen molar-refractivity contribution < 1.29 is 4.79 Å². The van der Waals surface area contributed by atoms with Crippen molar-refractivity contribution in [1.29, 1.82) is 0 Å². The first kappa shape index (κ1) is 13.9. The number of carbonyl (C=O) groups is 1. The zero-order valence-electron chi connectivity index (χ0n) is 11.7. The lowest BCUT2D eigenvalue weighted by molar-refractivity contribution is -0.136. The highest BCUT2D eigenvalue weighted by molar-refractivity contribution is 5.79. The Morgan fingerprint density at radius 3 is 2.61 bits per heavy atom. The van der Waals surface area contributed by atoms with Gasteiger partial charge in [0.1, 0.15) is 0 Å². The maximum absolute atomic E-state index is 12.5. The summed E-state index contributed by atoms with van der Waals surface area (Å²) >= 11 is 0. The number of likely N-dealkylation sites (tertiary alicyclic amines) is 1. The molecule has 18 heavy (non-hydrogen) atoms. The fourth-order valence-electron chi connectivity index (χ4n) is 3.68. The predicted molar refractivity (Wildman–Crippen MR) is 74.1 cm³/mol. The predicted octanol–water partition coefficient (Wildman–Crippen LogP) is 2.54. The maximum Gasteiger partial charge on any atom is 0.225 e. The van der Waals surface area contributed by atoms with Crippen molar-refractivity contribution in [3.8, 4) is 0 Å². The molecule has 2 N–H and O–H groups in total. The van der Waals surface area contributed by atoms with Crippen molar-refractivity contribution in [2.75, 3.05) is 13.1 Å². The van der Waals surface area contributed by atoms with Gasteiger partial charge in [-0.1, -0.05) is 39.0 Å². The number of nitrogens with two attached hydrogens (primary N) is 1. The number of carbonyl (C=O) groups excluding carboxylic acids is 1. The van der Waals surface area contributed by atoms with E-state index in [-0.39, 0.29) is 5.92 Å². The molecule has 2 rings (SSSR count). The molecular formula is C15H28N2O. The van der Waals surface area contributed by atoms with E-state index in [1.54, 1.807) is 0 Å². The van der Waals surface area contributed by atoms with Crippen LogP contribution in [0.25, 0.3) is 0 Å². The number of amides is 1. The van der Waals surface area contributed by atoms with Crippen LogP contribution in [0, 0.1) is 11.8 Å². The summed E-state index contributed by atoms with van der Waals surface area (Å²) in [5.41, 5.74) is 5.75. The van der Waals surface area contributed by atoms with Crippen molar-refractivity contribution in [2.24, 2.45) is 17.6 Å². The Balaban J connectivity index is 1.83. The molecule has 1 amide bonds. The fourth-order valence-corrected chi connectivity index (χ4v) is 3.68. The van der Waals surface area contributed by atoms with Crippen LogP contribution in [0.15, 0.2) is 0 Å². The summed E-state index contributed by atoms with van der Waals surface area (Å²) in [7, 11) is 0. The molecule has 1 saturated carbocycles. The average Bonchev–Trinajstić information content (AvgIpc) is 2.87. The van der Waals surface area contributed by atoms with Crippen LogP contribution >= 0.6 is 0 Å². The second-order valence-electron chi connectivity index (χ2n) is 6.20. The molecule has 0 aromatic carbocycles. The van der Waals surface area contributed by atoms with Gasteiger partial charge in [0.15, 0.2) is 0 Å². The van der Waals surface area contributed by atoms with Crippen molar-refractivity contribution in [2.45, 2.75) is 64.3 Å². The Bertz CT molecular complexity index is 274. The minimum absolute atomic E-state index is 0.195. The number of nitrogens with zero attached hydrogens (tertiary/aromatic N) is 1. The van der Waals surface area contributed by atoms with Crippen LogP contribution < -0.4 is 5.73 Å². The monoisotopic (exact) mass is 252 g/mol. The molecule has 1 saturated heterocycles. The van der Waals surface area contributed by atoms with Gasteiger partial charge in [0.2, 0.25) is 5.91 Å². The first-order chi connectivity index (χ1) is 8.72. The molecule has 1 heterocycles. The molecule has 2 aliphatic rings. The quantitative estimate of drug-likeness (QED) is 0.835. The Morgan fingerprint density at radius 2 is 1.94 bits per heavy atom. The summed E-state index contributed by atoms with van der Waals surface area (Å²) in [5.74, 6) is 1.34. The molecule has 2 fully saturated rings. The molecule has 1 aliphatic carbocycles. The third-order valence-corrected chi connectivity index (χ3v) is 4.77. The summed E-state index contributed by atoms with van der Waals surface area (Å²) in [4.78, 5) is 14.5. The molecule has 0 aromatic rings. The van der Waals surface area contributed by atoms with Crippen LogP contribution in [0.5, 0.6) is 0 Å². The lowest BCUT2D eigenvalue weighted by atomic mass is 9.83. The lowest BCUT2D eigenvalue weighted by Gasteiger charge is -2.29. The standard InChI is InChI=1S/C15H28N2O/c1-12(10-13-6-3-2-4-7-13)15(18)17-9-5-8-14(17)11-16/h12-14H,2-11,16H2,1H3. The van der Waals surface area contributed by atoms with Crippen molar-refractivity contribution in [3.05, 3.63) is 0 Å². The largest absolute Gasteiger partial charge is 0.338 e. The summed E-state index contributed by atoms with van der Waals surface area (Å²) in [6.07, 6.45) is 10.1. The molecule has 0 aromatic heterocycles. The van der Waals surface area contributed by atoms with E-state index in [1.165, 1.54) is 32.1 Å². The second kappa shape index (κ2) is 6.55. The molecule has 0 radical (unpaired) electrons. The van der Waals surface area contributed by atoms with E-state index in [0.29, 0.717) is 18.5 Å². The molecule has 3 nitrogen and oxygen atoms in total. The SMILES string of the molecule is CC(CC1CCCCC1)C(=O)N1CCCC1CN. The Labute approximate surface area is 111 Å². The van der Waals surface area contributed by atoms with Crippen molar-refractivity contribution in [3.63, 3.8) is 0 Å². The maximum atomic E-state index is 12.5. The van der Waals surface area contributed by atoms with Crippen LogP contribution in [-0.2, 0) is 4.79 Å². The van der Waals surface area contributed by atoms with E-state index in [2.05, 4.69) is 6.92 Å². The van der Waals surface area contributed by atoms with Gasteiger partial charge in [-0.05, 0) is 25.2 Å². The summed E-state index contributed by atoms with van der Waals surface area (Å²) < 4.78 is 0. The summed E-state index contributed by atoms with van der Waals surface area (Å²) in [6.45, 7) is 3.67. The minimum atomic E-state index is 0.195. The molecule has 2 atom stereocenters. The molecule has 0 spiro atoms. The minimum Gasteiger partial charge on any atom is -0.338 e. The van der Waals surface area contributed by atoms with E-state index in [4.69, 9.17) is 5.73 Å². The van der Waals surface area contributed by atoms with Crippen LogP contribution in [0.2, 0.25) is 0 Å². The van der Waals surface area contributed by atoms with Crippen LogP contribution in [-0.4, -0.2) is 29.9 Å². The first-order valence-corrected chi connectivity index (χ1v) is 7.73. The third kappa shape index (κ3) is 3.25. The molecule has 2 unspecified atom stereocenters. The Morgan fingerprint density at radius 1 is 1.22 bits per heavy atom. The van der Waals surface area contributed by atoms with E-state index < -0.39 is 0 Å². The molecule has 3 heteroatoms. The number of hydrogen-bond donors (Lipinski definition) is 1. The topological polar surface area (TPSA) is 46.3 Å². The average molecular weight is 252 g/mol. The third-order valence-electron chi connectivity index (χ3n) is 4.77. The number of rotatable bonds is 4. The van der Waals surface area contributed by atoms with Gasteiger partial charge in [0, 0.05) is 25.0 Å². The van der Waals surface area contributed by atoms with E-state index in [1.807, 2.05) is 4.90 Å². The van der Waals surface area contributed by atoms with Crippen LogP contribution in [0.1, 0.15) is 58.3 Å². The smallest absolute Gasteiger partial charge is 0.225 e. The molecule has 0 bridgehead atoms. The normalized spacial score (nSPS) is 27.4. The van der Waals surface area contributed by atoms with Crippen LogP contribution in [0.3, 0.4) is 0 Å². The van der Waals surface area contributed by atoms with Gasteiger partial charge < -0.3 is 10.6 Å². The fraction of sp³-hybridized carbons (Fsp3) is 0.933. The summed E-state index contributed by atoms with van der Waals surface area (Å²) in [5, 5.41) is 0. The van der Waals surface area contributed by atoms with Gasteiger partial charge in [0.05, 0.1) is 0 Å². The summed E-state index contributed by atoms with van der Waals surface area (Å²) in [6, 6.07) is 0.311. The lowest BCUT2D eigenvalue weighted by Crippen LogP contribution is -2.42. The van der Waals surface area contributed by atoms with Crippen molar-refractivity contribution >= 4 is 5.91 Å². The molecule has 1 aliphatic heterocycles. The first-order valence-electron chi connectivity index (χ1n) is 7.73. The molecule has 104 valence electrons. The second-order valence-corrected chi connectivity index (χ2v) is 6.20. The Hall–Kier alpha value is -0.570. The van der Waals surface area contributed by atoms with E-state index in [9.17, 15) is 4.79 Å². The highest BCUT2D eigenvalue weighted by atomic mass is 16.2. The zero-order chi connectivity index (χ0) is 13.0. The molecular weight excluding hydrogens is 224 g/mol. The van der Waals surface area contributed by atoms with Gasteiger partial charge in [-0.3, -0.25) is 4.79 Å². The van der Waals surface area contributed by atoms with Gasteiger partial charge in [0.25, 0.3) is 0 Å². The van der Waals surface area contributed by atoms with E-state index in [0.717, 1.165) is 31.7 Å². The highest BCUT2D eigenvalue weighted by Gasteiger charge is 2.31. The van der Waals surface area contributed by atoms with Crippen molar-refractivity contribution in [1.82, 2.24) is 4.90 Å². The van der Waals surface area contributed by atoms with Crippen LogP contribution in [0.4, 0.5) is 0 Å². The van der Waals surface area contributed by atoms with Gasteiger partial charge >= 0.3 is 0 Å². The number of hydrogen-bond acceptors (Lipinski definition) is 2. The van der Waals surface area contributed by atoms with E-state index >= 15 is 0 Å². The highest BCUT2D eigenvalue weighted by Crippen LogP contribution is 2.30. The van der Waals surface area contributed by atoms with Gasteiger partial charge in [-0.2, -0.15) is 0 Å². The zero-order valence-corrected chi connectivity index (χ0v) is 11.7. The van der Waals surface area contributed by atoms with Gasteiger partial charge in [-0.15, -0.1) is 0 Å². The van der Waals surface area contributed by atoms with Gasteiger partial charge in [-0.25, -0.2) is 0 Å².